The minimum atomic E-state index is 0.301. The molecule has 0 aliphatic carbocycles. The summed E-state index contributed by atoms with van der Waals surface area (Å²) >= 11 is 0. The first-order valence-corrected chi connectivity index (χ1v) is 7.14. The van der Waals surface area contributed by atoms with Gasteiger partial charge in [0, 0.05) is 32.0 Å². The molecule has 2 heterocycles. The van der Waals surface area contributed by atoms with Gasteiger partial charge in [-0.2, -0.15) is 0 Å². The average molecular weight is 268 g/mol. The zero-order chi connectivity index (χ0) is 13.8. The molecule has 1 atom stereocenters. The van der Waals surface area contributed by atoms with Crippen LogP contribution >= 0.6 is 0 Å². The first-order valence-electron chi connectivity index (χ1n) is 7.14. The van der Waals surface area contributed by atoms with Gasteiger partial charge < -0.3 is 4.74 Å². The Bertz CT molecular complexity index is 556. The summed E-state index contributed by atoms with van der Waals surface area (Å²) < 4.78 is 6.01. The molecular weight excluding hydrogens is 248 g/mol. The Kier molecular flexibility index (Phi) is 3.97. The lowest BCUT2D eigenvalue weighted by molar-refractivity contribution is 0.198. The highest BCUT2D eigenvalue weighted by Gasteiger charge is 2.23. The van der Waals surface area contributed by atoms with Crippen molar-refractivity contribution >= 4 is 0 Å². The van der Waals surface area contributed by atoms with Gasteiger partial charge in [0.2, 0.25) is 0 Å². The largest absolute Gasteiger partial charge is 0.489 e. The van der Waals surface area contributed by atoms with Crippen LogP contribution in [0, 0.1) is 6.92 Å². The third-order valence-electron chi connectivity index (χ3n) is 3.61. The van der Waals surface area contributed by atoms with Crippen LogP contribution in [0.1, 0.15) is 17.5 Å². The van der Waals surface area contributed by atoms with E-state index >= 15 is 0 Å². The first kappa shape index (κ1) is 13.1. The number of hydrogen-bond donors (Lipinski definition) is 0. The van der Waals surface area contributed by atoms with Crippen LogP contribution in [0.3, 0.4) is 0 Å². The van der Waals surface area contributed by atoms with Crippen molar-refractivity contribution in [1.82, 2.24) is 9.88 Å². The molecule has 3 rings (SSSR count). The number of ether oxygens (including phenoxy) is 1. The molecule has 1 saturated heterocycles. The molecule has 1 aliphatic rings. The molecule has 2 aromatic rings. The van der Waals surface area contributed by atoms with E-state index in [2.05, 4.69) is 22.9 Å². The molecule has 0 amide bonds. The van der Waals surface area contributed by atoms with Gasteiger partial charge in [-0.05, 0) is 36.6 Å². The highest BCUT2D eigenvalue weighted by atomic mass is 16.5. The first-order chi connectivity index (χ1) is 9.79. The van der Waals surface area contributed by atoms with Crippen molar-refractivity contribution < 1.29 is 4.74 Å². The second-order valence-electron chi connectivity index (χ2n) is 5.45. The Morgan fingerprint density at radius 1 is 1.25 bits per heavy atom. The van der Waals surface area contributed by atoms with Crippen molar-refractivity contribution in [3.8, 4) is 5.75 Å². The molecule has 0 saturated carbocycles. The molecule has 0 spiro atoms. The molecule has 0 radical (unpaired) electrons. The maximum atomic E-state index is 6.01. The van der Waals surface area contributed by atoms with Gasteiger partial charge in [0.25, 0.3) is 0 Å². The van der Waals surface area contributed by atoms with Crippen LogP contribution in [0.25, 0.3) is 0 Å². The number of benzene rings is 1. The standard InChI is InChI=1S/C17H20N2O/c1-14-9-15(11-18-10-14)12-19-8-7-17(13-19)20-16-5-3-2-4-6-16/h2-6,9-11,17H,7-8,12-13H2,1H3/t17-/m1/s1. The van der Waals surface area contributed by atoms with Gasteiger partial charge in [-0.3, -0.25) is 9.88 Å². The maximum Gasteiger partial charge on any atom is 0.119 e. The number of aromatic nitrogens is 1. The monoisotopic (exact) mass is 268 g/mol. The van der Waals surface area contributed by atoms with Crippen molar-refractivity contribution in [3.63, 3.8) is 0 Å². The van der Waals surface area contributed by atoms with Crippen LogP contribution in [0.5, 0.6) is 5.75 Å². The van der Waals surface area contributed by atoms with E-state index in [1.807, 2.05) is 42.7 Å². The number of aryl methyl sites for hydroxylation is 1. The summed E-state index contributed by atoms with van der Waals surface area (Å²) in [7, 11) is 0. The summed E-state index contributed by atoms with van der Waals surface area (Å²) in [6.45, 7) is 5.12. The quantitative estimate of drug-likeness (QED) is 0.852. The Balaban J connectivity index is 1.54. The normalized spacial score (nSPS) is 19.1. The SMILES string of the molecule is Cc1cncc(CN2CC[C@@H](Oc3ccccc3)C2)c1. The van der Waals surface area contributed by atoms with Crippen molar-refractivity contribution in [1.29, 1.82) is 0 Å². The van der Waals surface area contributed by atoms with Crippen molar-refractivity contribution in [2.24, 2.45) is 0 Å². The Labute approximate surface area is 120 Å². The van der Waals surface area contributed by atoms with Crippen molar-refractivity contribution in [3.05, 3.63) is 59.9 Å². The van der Waals surface area contributed by atoms with Crippen LogP contribution in [-0.2, 0) is 6.54 Å². The average Bonchev–Trinajstić information content (AvgIpc) is 2.87. The zero-order valence-electron chi connectivity index (χ0n) is 11.8. The molecule has 1 aromatic heterocycles. The van der Waals surface area contributed by atoms with Crippen LogP contribution in [-0.4, -0.2) is 29.1 Å². The van der Waals surface area contributed by atoms with Gasteiger partial charge in [0.05, 0.1) is 0 Å². The fraction of sp³-hybridized carbons (Fsp3) is 0.353. The summed E-state index contributed by atoms with van der Waals surface area (Å²) in [5, 5.41) is 0. The molecule has 0 bridgehead atoms. The highest BCUT2D eigenvalue weighted by molar-refractivity contribution is 5.21. The summed E-state index contributed by atoms with van der Waals surface area (Å²) in [5.74, 6) is 0.969. The molecule has 3 heteroatoms. The number of hydrogen-bond acceptors (Lipinski definition) is 3. The number of likely N-dealkylation sites (tertiary alicyclic amines) is 1. The fourth-order valence-corrected chi connectivity index (χ4v) is 2.69. The molecule has 1 fully saturated rings. The van der Waals surface area contributed by atoms with E-state index in [1.165, 1.54) is 11.1 Å². The van der Waals surface area contributed by atoms with Gasteiger partial charge in [-0.15, -0.1) is 0 Å². The smallest absolute Gasteiger partial charge is 0.119 e. The Morgan fingerprint density at radius 3 is 2.90 bits per heavy atom. The number of rotatable bonds is 4. The number of nitrogens with zero attached hydrogens (tertiary/aromatic N) is 2. The minimum absolute atomic E-state index is 0.301. The fourth-order valence-electron chi connectivity index (χ4n) is 2.69. The summed E-state index contributed by atoms with van der Waals surface area (Å²) in [6.07, 6.45) is 5.25. The third-order valence-corrected chi connectivity index (χ3v) is 3.61. The van der Waals surface area contributed by atoms with Crippen LogP contribution in [0.4, 0.5) is 0 Å². The van der Waals surface area contributed by atoms with E-state index in [-0.39, 0.29) is 0 Å². The molecule has 1 aliphatic heterocycles. The lowest BCUT2D eigenvalue weighted by Gasteiger charge is -2.17. The van der Waals surface area contributed by atoms with E-state index in [1.54, 1.807) is 0 Å². The molecule has 1 aromatic carbocycles. The lowest BCUT2D eigenvalue weighted by Crippen LogP contribution is -2.24. The van der Waals surface area contributed by atoms with Gasteiger partial charge in [0.1, 0.15) is 11.9 Å². The zero-order valence-corrected chi connectivity index (χ0v) is 11.8. The maximum absolute atomic E-state index is 6.01. The summed E-state index contributed by atoms with van der Waals surface area (Å²) in [6, 6.07) is 12.3. The predicted octanol–water partition coefficient (Wildman–Crippen LogP) is 3.04. The van der Waals surface area contributed by atoms with E-state index in [0.717, 1.165) is 31.8 Å². The molecule has 3 nitrogen and oxygen atoms in total. The van der Waals surface area contributed by atoms with E-state index < -0.39 is 0 Å². The Morgan fingerprint density at radius 2 is 2.10 bits per heavy atom. The topological polar surface area (TPSA) is 25.4 Å². The highest BCUT2D eigenvalue weighted by Crippen LogP contribution is 2.19. The van der Waals surface area contributed by atoms with Gasteiger partial charge in [0.15, 0.2) is 0 Å². The van der Waals surface area contributed by atoms with E-state index in [4.69, 9.17) is 4.74 Å². The van der Waals surface area contributed by atoms with Crippen LogP contribution < -0.4 is 4.74 Å². The molecule has 0 N–H and O–H groups in total. The van der Waals surface area contributed by atoms with E-state index in [0.29, 0.717) is 6.10 Å². The van der Waals surface area contributed by atoms with E-state index in [9.17, 15) is 0 Å². The lowest BCUT2D eigenvalue weighted by atomic mass is 10.2. The van der Waals surface area contributed by atoms with Crippen LogP contribution in [0.15, 0.2) is 48.8 Å². The molecule has 20 heavy (non-hydrogen) atoms. The second-order valence-corrected chi connectivity index (χ2v) is 5.45. The summed E-state index contributed by atoms with van der Waals surface area (Å²) in [4.78, 5) is 6.69. The van der Waals surface area contributed by atoms with Gasteiger partial charge >= 0.3 is 0 Å². The number of para-hydroxylation sites is 1. The van der Waals surface area contributed by atoms with Crippen molar-refractivity contribution in [2.75, 3.05) is 13.1 Å². The third kappa shape index (κ3) is 3.36. The Hall–Kier alpha value is -1.87. The minimum Gasteiger partial charge on any atom is -0.489 e. The molecule has 104 valence electrons. The predicted molar refractivity (Wildman–Crippen MR) is 79.7 cm³/mol. The summed E-state index contributed by atoms with van der Waals surface area (Å²) in [5.41, 5.74) is 2.50. The van der Waals surface area contributed by atoms with Gasteiger partial charge in [-0.25, -0.2) is 0 Å². The van der Waals surface area contributed by atoms with Crippen molar-refractivity contribution in [2.45, 2.75) is 26.0 Å². The van der Waals surface area contributed by atoms with Gasteiger partial charge in [-0.1, -0.05) is 24.3 Å². The number of pyridine rings is 1. The molecule has 0 unspecified atom stereocenters. The second kappa shape index (κ2) is 6.06. The molecular formula is C17H20N2O. The van der Waals surface area contributed by atoms with Crippen LogP contribution in [0.2, 0.25) is 0 Å².